The Morgan fingerprint density at radius 1 is 0.923 bits per heavy atom. The number of benzene rings is 1. The summed E-state index contributed by atoms with van der Waals surface area (Å²) in [7, 11) is -0.0859. The van der Waals surface area contributed by atoms with Crippen LogP contribution >= 0.6 is 0 Å². The average molecular weight is 546 g/mol. The Morgan fingerprint density at radius 2 is 1.64 bits per heavy atom. The van der Waals surface area contributed by atoms with Crippen LogP contribution in [-0.2, 0) is 9.73 Å². The number of piperidine rings is 2. The van der Waals surface area contributed by atoms with Gasteiger partial charge in [-0.1, -0.05) is 6.07 Å². The number of hydrogen-bond acceptors (Lipinski definition) is 9. The summed E-state index contributed by atoms with van der Waals surface area (Å²) >= 11 is 0. The SMILES string of the molecule is CN1CCC2(CC1)CCN(c1ccc(Nc3ncc4cnn(-c5cccc(N=S(C)(C)=O)n5)c4n3)cc1)CC2. The lowest BCUT2D eigenvalue weighted by Gasteiger charge is -2.46. The summed E-state index contributed by atoms with van der Waals surface area (Å²) in [6.45, 7) is 4.70. The molecule has 0 aliphatic carbocycles. The largest absolute Gasteiger partial charge is 0.371 e. The van der Waals surface area contributed by atoms with E-state index in [0.29, 0.717) is 28.6 Å². The number of aromatic nitrogens is 5. The number of hydrogen-bond donors (Lipinski definition) is 1. The van der Waals surface area contributed by atoms with E-state index in [2.05, 4.69) is 65.9 Å². The minimum absolute atomic E-state index is 0.397. The summed E-state index contributed by atoms with van der Waals surface area (Å²) in [5.41, 5.74) is 3.36. The number of fused-ring (bicyclic) bond motifs is 1. The Bertz CT molecular complexity index is 1580. The molecule has 39 heavy (non-hydrogen) atoms. The summed E-state index contributed by atoms with van der Waals surface area (Å²) in [4.78, 5) is 18.7. The van der Waals surface area contributed by atoms with E-state index in [1.54, 1.807) is 35.7 Å². The molecule has 2 aliphatic heterocycles. The molecule has 204 valence electrons. The van der Waals surface area contributed by atoms with Crippen molar-refractivity contribution in [3.8, 4) is 5.82 Å². The summed E-state index contributed by atoms with van der Waals surface area (Å²) in [6.07, 6.45) is 11.8. The number of likely N-dealkylation sites (tertiary alicyclic amines) is 1. The molecule has 2 aliphatic rings. The third kappa shape index (κ3) is 5.74. The lowest BCUT2D eigenvalue weighted by molar-refractivity contribution is 0.0945. The molecule has 0 atom stereocenters. The number of rotatable bonds is 5. The first-order valence-corrected chi connectivity index (χ1v) is 15.7. The van der Waals surface area contributed by atoms with Crippen molar-refractivity contribution in [1.29, 1.82) is 0 Å². The highest BCUT2D eigenvalue weighted by atomic mass is 32.2. The van der Waals surface area contributed by atoms with Gasteiger partial charge >= 0.3 is 0 Å². The first-order valence-electron chi connectivity index (χ1n) is 13.4. The van der Waals surface area contributed by atoms with Crippen molar-refractivity contribution in [3.63, 3.8) is 0 Å². The molecular formula is C28H35N9OS. The first kappa shape index (κ1) is 25.7. The Balaban J connectivity index is 1.16. The van der Waals surface area contributed by atoms with Gasteiger partial charge in [-0.15, -0.1) is 0 Å². The van der Waals surface area contributed by atoms with E-state index >= 15 is 0 Å². The maximum Gasteiger partial charge on any atom is 0.229 e. The summed E-state index contributed by atoms with van der Waals surface area (Å²) in [5.74, 6) is 1.42. The predicted octanol–water partition coefficient (Wildman–Crippen LogP) is 4.63. The van der Waals surface area contributed by atoms with Crippen molar-refractivity contribution in [2.75, 3.05) is 56.0 Å². The van der Waals surface area contributed by atoms with Crippen molar-refractivity contribution in [1.82, 2.24) is 29.6 Å². The van der Waals surface area contributed by atoms with Crippen molar-refractivity contribution in [2.24, 2.45) is 9.78 Å². The van der Waals surface area contributed by atoms with Crippen molar-refractivity contribution in [2.45, 2.75) is 25.7 Å². The fourth-order valence-electron chi connectivity index (χ4n) is 5.57. The van der Waals surface area contributed by atoms with Gasteiger partial charge < -0.3 is 15.1 Å². The average Bonchev–Trinajstić information content (AvgIpc) is 3.34. The van der Waals surface area contributed by atoms with Crippen LogP contribution in [0.2, 0.25) is 0 Å². The Labute approximate surface area is 229 Å². The lowest BCUT2D eigenvalue weighted by Crippen LogP contribution is -2.46. The van der Waals surface area contributed by atoms with E-state index in [0.717, 1.165) is 24.2 Å². The highest BCUT2D eigenvalue weighted by Gasteiger charge is 2.36. The maximum absolute atomic E-state index is 12.1. The van der Waals surface area contributed by atoms with Crippen LogP contribution in [0.5, 0.6) is 0 Å². The molecule has 0 unspecified atom stereocenters. The second-order valence-electron chi connectivity index (χ2n) is 11.1. The van der Waals surface area contributed by atoms with Crippen LogP contribution in [0, 0.1) is 5.41 Å². The maximum atomic E-state index is 12.1. The smallest absolute Gasteiger partial charge is 0.229 e. The van der Waals surface area contributed by atoms with E-state index < -0.39 is 9.73 Å². The standard InChI is InChI=1S/C28H35N9OS/c1-35-15-11-28(12-16-35)13-17-36(18-14-28)23-9-7-22(8-10-23)31-27-29-19-21-20-30-37(26(21)33-27)25-6-4-5-24(32-25)34-39(2,3)38/h4-10,19-20H,11-18H2,1-3H3,(H,29,31,33). The number of pyridine rings is 1. The minimum atomic E-state index is -2.32. The number of anilines is 3. The monoisotopic (exact) mass is 545 g/mol. The summed E-state index contributed by atoms with van der Waals surface area (Å²) in [6, 6.07) is 13.9. The predicted molar refractivity (Wildman–Crippen MR) is 157 cm³/mol. The van der Waals surface area contributed by atoms with E-state index in [1.165, 1.54) is 44.5 Å². The zero-order chi connectivity index (χ0) is 27.0. The normalized spacial score (nSPS) is 18.0. The third-order valence-corrected chi connectivity index (χ3v) is 8.55. The molecule has 10 nitrogen and oxygen atoms in total. The Morgan fingerprint density at radius 3 is 2.36 bits per heavy atom. The fraction of sp³-hybridized carbons (Fsp3) is 0.429. The Hall–Kier alpha value is -3.57. The molecule has 2 fully saturated rings. The van der Waals surface area contributed by atoms with Gasteiger partial charge in [0.25, 0.3) is 0 Å². The Kier molecular flexibility index (Phi) is 6.72. The molecule has 1 aromatic carbocycles. The molecule has 11 heteroatoms. The van der Waals surface area contributed by atoms with Crippen LogP contribution in [0.1, 0.15) is 25.7 Å². The fourth-order valence-corrected chi connectivity index (χ4v) is 6.12. The van der Waals surface area contributed by atoms with Crippen LogP contribution in [0.4, 0.5) is 23.1 Å². The molecule has 6 rings (SSSR count). The number of nitrogens with one attached hydrogen (secondary N) is 1. The molecule has 1 spiro atoms. The van der Waals surface area contributed by atoms with Gasteiger partial charge in [0.05, 0.1) is 11.6 Å². The van der Waals surface area contributed by atoms with Crippen molar-refractivity contribution < 1.29 is 4.21 Å². The van der Waals surface area contributed by atoms with Crippen molar-refractivity contribution >= 4 is 43.9 Å². The number of nitrogens with zero attached hydrogens (tertiary/aromatic N) is 8. The molecular weight excluding hydrogens is 510 g/mol. The van der Waals surface area contributed by atoms with E-state index in [-0.39, 0.29) is 0 Å². The highest BCUT2D eigenvalue weighted by Crippen LogP contribution is 2.42. The molecule has 4 aromatic rings. The van der Waals surface area contributed by atoms with Gasteiger partial charge in [0, 0.05) is 52.9 Å². The van der Waals surface area contributed by atoms with Gasteiger partial charge in [0.15, 0.2) is 17.3 Å². The van der Waals surface area contributed by atoms with E-state index in [1.807, 2.05) is 12.1 Å². The minimum Gasteiger partial charge on any atom is -0.371 e. The highest BCUT2D eigenvalue weighted by molar-refractivity contribution is 7.92. The van der Waals surface area contributed by atoms with Crippen LogP contribution in [0.3, 0.4) is 0 Å². The van der Waals surface area contributed by atoms with Crippen LogP contribution in [0.25, 0.3) is 16.9 Å². The van der Waals surface area contributed by atoms with Crippen LogP contribution in [0.15, 0.2) is 59.2 Å². The molecule has 5 heterocycles. The summed E-state index contributed by atoms with van der Waals surface area (Å²) in [5, 5.41) is 8.57. The third-order valence-electron chi connectivity index (χ3n) is 7.92. The molecule has 3 aromatic heterocycles. The molecule has 2 saturated heterocycles. The molecule has 0 bridgehead atoms. The van der Waals surface area contributed by atoms with Crippen LogP contribution < -0.4 is 10.2 Å². The molecule has 0 amide bonds. The molecule has 1 N–H and O–H groups in total. The van der Waals surface area contributed by atoms with Gasteiger partial charge in [0.2, 0.25) is 5.95 Å². The zero-order valence-corrected chi connectivity index (χ0v) is 23.6. The first-order chi connectivity index (χ1) is 18.8. The van der Waals surface area contributed by atoms with E-state index in [9.17, 15) is 4.21 Å². The second-order valence-corrected chi connectivity index (χ2v) is 13.7. The van der Waals surface area contributed by atoms with Crippen LogP contribution in [-0.4, -0.2) is 79.6 Å². The zero-order valence-electron chi connectivity index (χ0n) is 22.7. The van der Waals surface area contributed by atoms with Gasteiger partial charge in [0.1, 0.15) is 0 Å². The van der Waals surface area contributed by atoms with Gasteiger partial charge in [-0.05, 0) is 87.6 Å². The van der Waals surface area contributed by atoms with Gasteiger partial charge in [-0.3, -0.25) is 0 Å². The topological polar surface area (TPSA) is 104 Å². The van der Waals surface area contributed by atoms with Gasteiger partial charge in [-0.25, -0.2) is 14.2 Å². The lowest BCUT2D eigenvalue weighted by atomic mass is 9.71. The quantitative estimate of drug-likeness (QED) is 0.387. The second kappa shape index (κ2) is 10.2. The van der Waals surface area contributed by atoms with Gasteiger partial charge in [-0.2, -0.15) is 19.1 Å². The molecule has 0 radical (unpaired) electrons. The molecule has 0 saturated carbocycles. The summed E-state index contributed by atoms with van der Waals surface area (Å²) < 4.78 is 18.0. The van der Waals surface area contributed by atoms with Crippen molar-refractivity contribution in [3.05, 3.63) is 54.9 Å². The van der Waals surface area contributed by atoms with E-state index in [4.69, 9.17) is 4.98 Å².